The molecule has 0 aliphatic heterocycles. The summed E-state index contributed by atoms with van der Waals surface area (Å²) >= 11 is 0. The summed E-state index contributed by atoms with van der Waals surface area (Å²) in [6.45, 7) is 6.58. The zero-order chi connectivity index (χ0) is 9.14. The molecule has 70 valence electrons. The molecule has 0 aromatic carbocycles. The average Bonchev–Trinajstić information content (AvgIpc) is 2.34. The highest BCUT2D eigenvalue weighted by atomic mass is 14.6. The maximum Gasteiger partial charge on any atom is 0.0254 e. The highest BCUT2D eigenvalue weighted by Crippen LogP contribution is 2.32. The van der Waals surface area contributed by atoms with Crippen LogP contribution in [0.25, 0.3) is 0 Å². The first-order chi connectivity index (χ1) is 5.59. The van der Waals surface area contributed by atoms with Gasteiger partial charge in [-0.2, -0.15) is 0 Å². The number of nitrogens with two attached hydrogens (primary N) is 1. The Kier molecular flexibility index (Phi) is 3.33. The Balaban J connectivity index is 2.43. The average molecular weight is 167 g/mol. The first kappa shape index (κ1) is 9.79. The molecule has 0 bridgehead atoms. The molecule has 0 saturated heterocycles. The summed E-state index contributed by atoms with van der Waals surface area (Å²) in [5.74, 6) is 1.64. The Hall–Kier alpha value is -0.300. The lowest BCUT2D eigenvalue weighted by Crippen LogP contribution is -2.26. The molecule has 1 heteroatoms. The van der Waals surface area contributed by atoms with Crippen LogP contribution in [-0.4, -0.2) is 6.04 Å². The molecule has 3 atom stereocenters. The second kappa shape index (κ2) is 4.08. The molecule has 12 heavy (non-hydrogen) atoms. The van der Waals surface area contributed by atoms with E-state index in [0.29, 0.717) is 6.04 Å². The van der Waals surface area contributed by atoms with Gasteiger partial charge >= 0.3 is 0 Å². The minimum Gasteiger partial charge on any atom is -0.324 e. The zero-order valence-corrected chi connectivity index (χ0v) is 8.51. The maximum atomic E-state index is 6.07. The van der Waals surface area contributed by atoms with Crippen LogP contribution >= 0.6 is 0 Å². The zero-order valence-electron chi connectivity index (χ0n) is 8.51. The van der Waals surface area contributed by atoms with Gasteiger partial charge in [0.1, 0.15) is 0 Å². The molecule has 0 aromatic heterocycles. The van der Waals surface area contributed by atoms with E-state index in [-0.39, 0.29) is 0 Å². The summed E-state index contributed by atoms with van der Waals surface area (Å²) in [5.41, 5.74) is 7.41. The number of rotatable bonds is 2. The Bertz CT molecular complexity index is 168. The van der Waals surface area contributed by atoms with Crippen LogP contribution in [0.3, 0.4) is 0 Å². The first-order valence-corrected chi connectivity index (χ1v) is 5.00. The molecule has 3 unspecified atom stereocenters. The van der Waals surface area contributed by atoms with Gasteiger partial charge in [-0.3, -0.25) is 0 Å². The van der Waals surface area contributed by atoms with Gasteiger partial charge in [0.25, 0.3) is 0 Å². The molecule has 0 aromatic rings. The summed E-state index contributed by atoms with van der Waals surface area (Å²) in [6.07, 6.45) is 6.23. The second-order valence-corrected chi connectivity index (χ2v) is 4.50. The van der Waals surface area contributed by atoms with Gasteiger partial charge < -0.3 is 5.73 Å². The molecule has 1 saturated carbocycles. The molecule has 0 amide bonds. The van der Waals surface area contributed by atoms with Crippen molar-refractivity contribution in [2.45, 2.75) is 46.1 Å². The van der Waals surface area contributed by atoms with Crippen LogP contribution in [0.15, 0.2) is 11.6 Å². The smallest absolute Gasteiger partial charge is 0.0254 e. The maximum absolute atomic E-state index is 6.07. The SMILES string of the molecule is CC(C)=CC(N)C1CCC(C)C1. The molecule has 2 N–H and O–H groups in total. The van der Waals surface area contributed by atoms with Crippen LogP contribution in [0.2, 0.25) is 0 Å². The van der Waals surface area contributed by atoms with Crippen LogP contribution in [0, 0.1) is 11.8 Å². The van der Waals surface area contributed by atoms with Crippen molar-refractivity contribution in [3.8, 4) is 0 Å². The molecule has 1 aliphatic rings. The van der Waals surface area contributed by atoms with Crippen molar-refractivity contribution in [3.05, 3.63) is 11.6 Å². The van der Waals surface area contributed by atoms with Crippen LogP contribution in [0.4, 0.5) is 0 Å². The molecule has 0 radical (unpaired) electrons. The molecule has 0 heterocycles. The quantitative estimate of drug-likeness (QED) is 0.629. The van der Waals surface area contributed by atoms with E-state index >= 15 is 0 Å². The molecular weight excluding hydrogens is 146 g/mol. The van der Waals surface area contributed by atoms with E-state index in [2.05, 4.69) is 26.8 Å². The van der Waals surface area contributed by atoms with Crippen LogP contribution < -0.4 is 5.73 Å². The van der Waals surface area contributed by atoms with Crippen molar-refractivity contribution in [2.75, 3.05) is 0 Å². The van der Waals surface area contributed by atoms with Gasteiger partial charge in [0.05, 0.1) is 0 Å². The van der Waals surface area contributed by atoms with Crippen LogP contribution in [0.5, 0.6) is 0 Å². The van der Waals surface area contributed by atoms with E-state index in [0.717, 1.165) is 11.8 Å². The van der Waals surface area contributed by atoms with Crippen molar-refractivity contribution >= 4 is 0 Å². The van der Waals surface area contributed by atoms with Gasteiger partial charge in [0, 0.05) is 6.04 Å². The largest absolute Gasteiger partial charge is 0.324 e. The Labute approximate surface area is 76.0 Å². The second-order valence-electron chi connectivity index (χ2n) is 4.50. The molecule has 1 fully saturated rings. The van der Waals surface area contributed by atoms with Gasteiger partial charge in [-0.05, 0) is 38.5 Å². The lowest BCUT2D eigenvalue weighted by molar-refractivity contribution is 0.467. The predicted octanol–water partition coefficient (Wildman–Crippen LogP) is 2.72. The fraction of sp³-hybridized carbons (Fsp3) is 0.818. The summed E-state index contributed by atoms with van der Waals surface area (Å²) in [6, 6.07) is 0.306. The first-order valence-electron chi connectivity index (χ1n) is 5.00. The molecule has 0 spiro atoms. The van der Waals surface area contributed by atoms with E-state index in [4.69, 9.17) is 5.73 Å². The third-order valence-electron chi connectivity index (χ3n) is 2.81. The van der Waals surface area contributed by atoms with E-state index in [1.165, 1.54) is 24.8 Å². The number of allylic oxidation sites excluding steroid dienone is 1. The van der Waals surface area contributed by atoms with Gasteiger partial charge in [0.15, 0.2) is 0 Å². The van der Waals surface area contributed by atoms with Crippen LogP contribution in [-0.2, 0) is 0 Å². The number of hydrogen-bond donors (Lipinski definition) is 1. The van der Waals surface area contributed by atoms with E-state index < -0.39 is 0 Å². The third-order valence-corrected chi connectivity index (χ3v) is 2.81. The van der Waals surface area contributed by atoms with Gasteiger partial charge in [-0.15, -0.1) is 0 Å². The predicted molar refractivity (Wildman–Crippen MR) is 53.9 cm³/mol. The molecule has 1 aliphatic carbocycles. The fourth-order valence-electron chi connectivity index (χ4n) is 2.12. The van der Waals surface area contributed by atoms with E-state index in [1.807, 2.05) is 0 Å². The van der Waals surface area contributed by atoms with Gasteiger partial charge in [-0.1, -0.05) is 25.0 Å². The van der Waals surface area contributed by atoms with Crippen LogP contribution in [0.1, 0.15) is 40.0 Å². The summed E-state index contributed by atoms with van der Waals surface area (Å²) < 4.78 is 0. The van der Waals surface area contributed by atoms with Crippen molar-refractivity contribution in [3.63, 3.8) is 0 Å². The Morgan fingerprint density at radius 3 is 2.50 bits per heavy atom. The van der Waals surface area contributed by atoms with E-state index in [1.54, 1.807) is 0 Å². The summed E-state index contributed by atoms with van der Waals surface area (Å²) in [7, 11) is 0. The van der Waals surface area contributed by atoms with Gasteiger partial charge in [-0.25, -0.2) is 0 Å². The summed E-state index contributed by atoms with van der Waals surface area (Å²) in [5, 5.41) is 0. The molecule has 1 nitrogen and oxygen atoms in total. The number of hydrogen-bond acceptors (Lipinski definition) is 1. The Morgan fingerprint density at radius 2 is 2.08 bits per heavy atom. The summed E-state index contributed by atoms with van der Waals surface area (Å²) in [4.78, 5) is 0. The van der Waals surface area contributed by atoms with Gasteiger partial charge in [0.2, 0.25) is 0 Å². The normalized spacial score (nSPS) is 31.7. The standard InChI is InChI=1S/C11H21N/c1-8(2)6-11(12)10-5-4-9(3)7-10/h6,9-11H,4-5,7,12H2,1-3H3. The van der Waals surface area contributed by atoms with Crippen molar-refractivity contribution in [2.24, 2.45) is 17.6 Å². The van der Waals surface area contributed by atoms with Crippen molar-refractivity contribution < 1.29 is 0 Å². The minimum atomic E-state index is 0.306. The highest BCUT2D eigenvalue weighted by Gasteiger charge is 2.24. The van der Waals surface area contributed by atoms with E-state index in [9.17, 15) is 0 Å². The minimum absolute atomic E-state index is 0.306. The molecular formula is C11H21N. The van der Waals surface area contributed by atoms with Crippen molar-refractivity contribution in [1.29, 1.82) is 0 Å². The highest BCUT2D eigenvalue weighted by molar-refractivity contribution is 5.03. The third kappa shape index (κ3) is 2.63. The Morgan fingerprint density at radius 1 is 1.42 bits per heavy atom. The lowest BCUT2D eigenvalue weighted by atomic mass is 9.96. The monoisotopic (exact) mass is 167 g/mol. The lowest BCUT2D eigenvalue weighted by Gasteiger charge is -2.15. The topological polar surface area (TPSA) is 26.0 Å². The fourth-order valence-corrected chi connectivity index (χ4v) is 2.12. The molecule has 1 rings (SSSR count). The van der Waals surface area contributed by atoms with Crippen molar-refractivity contribution in [1.82, 2.24) is 0 Å².